The zero-order valence-corrected chi connectivity index (χ0v) is 26.1. The molecule has 10 rings (SSSR count). The molecule has 5 heteroatoms. The Labute approximate surface area is 272 Å². The summed E-state index contributed by atoms with van der Waals surface area (Å²) in [6, 6.07) is 50.1. The monoisotopic (exact) mass is 605 g/mol. The van der Waals surface area contributed by atoms with Crippen molar-refractivity contribution < 1.29 is 0 Å². The lowest BCUT2D eigenvalue weighted by Gasteiger charge is -2.21. The summed E-state index contributed by atoms with van der Waals surface area (Å²) in [7, 11) is 0. The summed E-state index contributed by atoms with van der Waals surface area (Å²) < 4.78 is 6.85. The Hall–Kier alpha value is -6.07. The summed E-state index contributed by atoms with van der Waals surface area (Å²) in [6.07, 6.45) is 1.94. The van der Waals surface area contributed by atoms with Crippen LogP contribution < -0.4 is 5.32 Å². The van der Waals surface area contributed by atoms with Gasteiger partial charge < -0.3 is 9.88 Å². The predicted molar refractivity (Wildman–Crippen MR) is 194 cm³/mol. The first kappa shape index (κ1) is 26.2. The molecule has 0 spiro atoms. The minimum atomic E-state index is -0.0723. The molecule has 0 radical (unpaired) electrons. The predicted octanol–water partition coefficient (Wildman–Crippen LogP) is 10.4. The number of para-hydroxylation sites is 4. The fourth-order valence-electron chi connectivity index (χ4n) is 7.90. The highest BCUT2D eigenvalue weighted by Gasteiger charge is 2.36. The zero-order valence-electron chi connectivity index (χ0n) is 26.1. The molecule has 0 saturated heterocycles. The lowest BCUT2D eigenvalue weighted by Crippen LogP contribution is -2.14. The van der Waals surface area contributed by atoms with Crippen LogP contribution in [0.4, 0.5) is 11.5 Å². The van der Waals surface area contributed by atoms with Crippen molar-refractivity contribution in [3.63, 3.8) is 0 Å². The van der Waals surface area contributed by atoms with Crippen LogP contribution in [0.1, 0.15) is 25.0 Å². The highest BCUT2D eigenvalue weighted by molar-refractivity contribution is 6.12. The Kier molecular flexibility index (Phi) is 5.28. The van der Waals surface area contributed by atoms with Crippen LogP contribution in [0.2, 0.25) is 0 Å². The van der Waals surface area contributed by atoms with Crippen LogP contribution in [-0.4, -0.2) is 18.5 Å². The maximum absolute atomic E-state index is 4.92. The van der Waals surface area contributed by atoms with Crippen molar-refractivity contribution in [2.24, 2.45) is 0 Å². The highest BCUT2D eigenvalue weighted by Crippen LogP contribution is 2.51. The van der Waals surface area contributed by atoms with Crippen LogP contribution in [0.3, 0.4) is 0 Å². The molecular formula is C42H31N5. The van der Waals surface area contributed by atoms with Gasteiger partial charge in [0.15, 0.2) is 0 Å². The fraction of sp³-hybridized carbons (Fsp3) is 0.0714. The summed E-state index contributed by atoms with van der Waals surface area (Å²) in [5.74, 6) is 1.80. The minimum Gasteiger partial charge on any atom is -0.340 e. The van der Waals surface area contributed by atoms with Crippen LogP contribution in [-0.2, 0) is 5.41 Å². The molecule has 1 N–H and O–H groups in total. The van der Waals surface area contributed by atoms with Crippen molar-refractivity contribution in [3.8, 4) is 22.5 Å². The van der Waals surface area contributed by atoms with E-state index in [-0.39, 0.29) is 5.41 Å². The largest absolute Gasteiger partial charge is 0.340 e. The van der Waals surface area contributed by atoms with E-state index in [0.717, 1.165) is 39.7 Å². The summed E-state index contributed by atoms with van der Waals surface area (Å²) in [5.41, 5.74) is 13.2. The number of nitrogens with zero attached hydrogens (tertiary/aromatic N) is 4. The maximum atomic E-state index is 4.92. The van der Waals surface area contributed by atoms with Gasteiger partial charge >= 0.3 is 0 Å². The van der Waals surface area contributed by atoms with Crippen LogP contribution in [0, 0.1) is 0 Å². The number of hydrogen-bond acceptors (Lipinski definition) is 2. The highest BCUT2D eigenvalue weighted by atomic mass is 15.2. The molecule has 47 heavy (non-hydrogen) atoms. The molecule has 0 unspecified atom stereocenters. The number of hydrogen-bond donors (Lipinski definition) is 1. The van der Waals surface area contributed by atoms with E-state index in [0.29, 0.717) is 0 Å². The molecule has 0 bridgehead atoms. The number of anilines is 2. The third kappa shape index (κ3) is 3.62. The molecule has 0 amide bonds. The van der Waals surface area contributed by atoms with Crippen molar-refractivity contribution in [3.05, 3.63) is 157 Å². The Morgan fingerprint density at radius 1 is 0.532 bits per heavy atom. The molecule has 9 aromatic rings. The number of aromatic nitrogens is 4. The van der Waals surface area contributed by atoms with E-state index >= 15 is 0 Å². The molecule has 3 heterocycles. The van der Waals surface area contributed by atoms with E-state index in [4.69, 9.17) is 4.98 Å². The molecular weight excluding hydrogens is 574 g/mol. The number of imidazole rings is 2. The normalized spacial score (nSPS) is 13.5. The van der Waals surface area contributed by atoms with Gasteiger partial charge in [0.1, 0.15) is 5.82 Å². The molecule has 1 aliphatic carbocycles. The summed E-state index contributed by atoms with van der Waals surface area (Å²) in [4.78, 5) is 4.92. The molecule has 1 aliphatic rings. The Bertz CT molecular complexity index is 2670. The standard InChI is InChI=1S/C42H31N5/c1-42(2)34-18-10-9-17-30(34)31-24-33-32-23-27(21-22-36(32)45(39(33)25-35(31)42)28-13-5-3-6-14-28)44-40-26-43-41-46(29-15-7-4-8-16-29)37-19-11-12-20-38(37)47(40)41/h3-26,44H,1-2H3. The van der Waals surface area contributed by atoms with Gasteiger partial charge in [-0.3, -0.25) is 8.97 Å². The van der Waals surface area contributed by atoms with Gasteiger partial charge in [-0.1, -0.05) is 86.6 Å². The van der Waals surface area contributed by atoms with Crippen LogP contribution in [0.5, 0.6) is 0 Å². The Balaban J connectivity index is 1.19. The van der Waals surface area contributed by atoms with Crippen molar-refractivity contribution in [1.29, 1.82) is 0 Å². The van der Waals surface area contributed by atoms with Crippen LogP contribution in [0.25, 0.3) is 61.1 Å². The van der Waals surface area contributed by atoms with E-state index in [2.05, 4.69) is 166 Å². The number of rotatable bonds is 4. The molecule has 0 aliphatic heterocycles. The number of benzene rings is 6. The topological polar surface area (TPSA) is 39.2 Å². The maximum Gasteiger partial charge on any atom is 0.221 e. The lowest BCUT2D eigenvalue weighted by molar-refractivity contribution is 0.661. The molecule has 5 nitrogen and oxygen atoms in total. The minimum absolute atomic E-state index is 0.0723. The first-order chi connectivity index (χ1) is 23.1. The molecule has 0 atom stereocenters. The van der Waals surface area contributed by atoms with Crippen molar-refractivity contribution >= 4 is 50.1 Å². The fourth-order valence-corrected chi connectivity index (χ4v) is 7.90. The van der Waals surface area contributed by atoms with E-state index < -0.39 is 0 Å². The Morgan fingerprint density at radius 3 is 1.98 bits per heavy atom. The quantitative estimate of drug-likeness (QED) is 0.217. The molecule has 6 aromatic carbocycles. The number of fused-ring (bicyclic) bond motifs is 9. The van der Waals surface area contributed by atoms with Gasteiger partial charge in [-0.2, -0.15) is 0 Å². The summed E-state index contributed by atoms with van der Waals surface area (Å²) >= 11 is 0. The molecule has 0 saturated carbocycles. The van der Waals surface area contributed by atoms with E-state index in [1.807, 2.05) is 12.3 Å². The third-order valence-electron chi connectivity index (χ3n) is 10.1. The van der Waals surface area contributed by atoms with Crippen molar-refractivity contribution in [1.82, 2.24) is 18.5 Å². The average Bonchev–Trinajstić information content (AvgIpc) is 3.82. The van der Waals surface area contributed by atoms with Crippen molar-refractivity contribution in [2.45, 2.75) is 19.3 Å². The Morgan fingerprint density at radius 2 is 1.19 bits per heavy atom. The van der Waals surface area contributed by atoms with Crippen molar-refractivity contribution in [2.75, 3.05) is 5.32 Å². The second kappa shape index (κ2) is 9.47. The van der Waals surface area contributed by atoms with Gasteiger partial charge in [0.05, 0.1) is 28.3 Å². The zero-order chi connectivity index (χ0) is 31.3. The van der Waals surface area contributed by atoms with Gasteiger partial charge in [0.25, 0.3) is 0 Å². The smallest absolute Gasteiger partial charge is 0.221 e. The molecule has 224 valence electrons. The van der Waals surface area contributed by atoms with Gasteiger partial charge in [-0.15, -0.1) is 0 Å². The van der Waals surface area contributed by atoms with E-state index in [1.54, 1.807) is 0 Å². The molecule has 3 aromatic heterocycles. The van der Waals surface area contributed by atoms with Gasteiger partial charge in [0, 0.05) is 33.2 Å². The summed E-state index contributed by atoms with van der Waals surface area (Å²) in [5, 5.41) is 6.21. The van der Waals surface area contributed by atoms with Crippen LogP contribution >= 0.6 is 0 Å². The average molecular weight is 606 g/mol. The number of nitrogens with one attached hydrogen (secondary N) is 1. The van der Waals surface area contributed by atoms with Gasteiger partial charge in [-0.05, 0) is 89.0 Å². The van der Waals surface area contributed by atoms with E-state index in [9.17, 15) is 0 Å². The van der Waals surface area contributed by atoms with Gasteiger partial charge in [0.2, 0.25) is 5.78 Å². The van der Waals surface area contributed by atoms with Gasteiger partial charge in [-0.25, -0.2) is 4.98 Å². The summed E-state index contributed by atoms with van der Waals surface area (Å²) in [6.45, 7) is 4.70. The third-order valence-corrected chi connectivity index (χ3v) is 10.1. The SMILES string of the molecule is CC1(C)c2ccccc2-c2cc3c4cc(Nc5cnc6n(-c7ccccc7)c7ccccc7n56)ccc4n(-c4ccccc4)c3cc21. The lowest BCUT2D eigenvalue weighted by atomic mass is 9.82. The second-order valence-corrected chi connectivity index (χ2v) is 13.1. The molecule has 0 fully saturated rings. The first-order valence-corrected chi connectivity index (χ1v) is 16.2. The first-order valence-electron chi connectivity index (χ1n) is 16.2. The van der Waals surface area contributed by atoms with E-state index in [1.165, 1.54) is 44.1 Å². The van der Waals surface area contributed by atoms with Crippen LogP contribution in [0.15, 0.2) is 146 Å². The second-order valence-electron chi connectivity index (χ2n) is 13.1.